The van der Waals surface area contributed by atoms with Crippen LogP contribution >= 0.6 is 0 Å². The number of hydrogen-bond acceptors (Lipinski definition) is 3. The van der Waals surface area contributed by atoms with Crippen molar-refractivity contribution in [3.8, 4) is 12.1 Å². The maximum absolute atomic E-state index is 8.96. The van der Waals surface area contributed by atoms with E-state index < -0.39 is 0 Å². The van der Waals surface area contributed by atoms with E-state index in [-0.39, 0.29) is 0 Å². The standard InChI is InChI=1S/C12H15N3Se/c13-8-10(9-14)12-15(6-7-16-12)11-4-2-1-3-5-11/h11H,1-7H2. The predicted molar refractivity (Wildman–Crippen MR) is 62.4 cm³/mol. The first kappa shape index (κ1) is 11.5. The summed E-state index contributed by atoms with van der Waals surface area (Å²) in [6.07, 6.45) is 6.43. The Labute approximate surface area is 103 Å². The van der Waals surface area contributed by atoms with E-state index in [1.165, 1.54) is 32.1 Å². The molecule has 84 valence electrons. The maximum atomic E-state index is 8.96. The molecular formula is C12H15N3Se. The molecule has 1 heterocycles. The minimum absolute atomic E-state index is 0.345. The van der Waals surface area contributed by atoms with Crippen LogP contribution in [0.5, 0.6) is 0 Å². The molecule has 1 saturated carbocycles. The van der Waals surface area contributed by atoms with Gasteiger partial charge in [0.15, 0.2) is 0 Å². The Kier molecular flexibility index (Phi) is 3.88. The summed E-state index contributed by atoms with van der Waals surface area (Å²) in [6.45, 7) is 1.06. The molecule has 1 aliphatic heterocycles. The first-order valence-electron chi connectivity index (χ1n) is 5.80. The molecule has 2 fully saturated rings. The fraction of sp³-hybridized carbons (Fsp3) is 0.667. The number of nitriles is 2. The molecule has 0 amide bonds. The molecule has 4 heteroatoms. The summed E-state index contributed by atoms with van der Waals surface area (Å²) < 4.78 is 1.07. The number of rotatable bonds is 1. The Morgan fingerprint density at radius 3 is 2.50 bits per heavy atom. The molecule has 2 aliphatic rings. The average molecular weight is 280 g/mol. The Morgan fingerprint density at radius 1 is 1.19 bits per heavy atom. The first-order valence-corrected chi connectivity index (χ1v) is 7.87. The van der Waals surface area contributed by atoms with Crippen molar-refractivity contribution < 1.29 is 0 Å². The summed E-state index contributed by atoms with van der Waals surface area (Å²) in [5.41, 5.74) is 0.364. The van der Waals surface area contributed by atoms with E-state index in [4.69, 9.17) is 10.5 Å². The van der Waals surface area contributed by atoms with Gasteiger partial charge in [-0.1, -0.05) is 0 Å². The van der Waals surface area contributed by atoms with Crippen molar-refractivity contribution in [1.29, 1.82) is 10.5 Å². The van der Waals surface area contributed by atoms with Crippen molar-refractivity contribution in [2.24, 2.45) is 0 Å². The van der Waals surface area contributed by atoms with Gasteiger partial charge >= 0.3 is 103 Å². The van der Waals surface area contributed by atoms with E-state index in [1.54, 1.807) is 0 Å². The summed E-state index contributed by atoms with van der Waals surface area (Å²) in [5, 5.41) is 19.1. The van der Waals surface area contributed by atoms with Crippen LogP contribution < -0.4 is 0 Å². The second kappa shape index (κ2) is 5.39. The molecule has 0 aromatic rings. The molecule has 0 atom stereocenters. The monoisotopic (exact) mass is 281 g/mol. The predicted octanol–water partition coefficient (Wildman–Crippen LogP) is 2.02. The zero-order valence-electron chi connectivity index (χ0n) is 9.28. The molecule has 0 aromatic heterocycles. The molecule has 1 saturated heterocycles. The van der Waals surface area contributed by atoms with E-state index in [0.29, 0.717) is 26.6 Å². The average Bonchev–Trinajstić information content (AvgIpc) is 2.81. The van der Waals surface area contributed by atoms with Crippen molar-refractivity contribution in [2.45, 2.75) is 43.5 Å². The number of nitrogens with zero attached hydrogens (tertiary/aromatic N) is 3. The topological polar surface area (TPSA) is 50.8 Å². The fourth-order valence-electron chi connectivity index (χ4n) is 2.50. The Bertz CT molecular complexity index is 353. The van der Waals surface area contributed by atoms with Crippen molar-refractivity contribution in [1.82, 2.24) is 4.90 Å². The Morgan fingerprint density at radius 2 is 1.88 bits per heavy atom. The quantitative estimate of drug-likeness (QED) is 0.545. The van der Waals surface area contributed by atoms with Crippen LogP contribution in [0.3, 0.4) is 0 Å². The van der Waals surface area contributed by atoms with Gasteiger partial charge in [-0.25, -0.2) is 0 Å². The van der Waals surface area contributed by atoms with Gasteiger partial charge in [0.2, 0.25) is 0 Å². The first-order chi connectivity index (χ1) is 7.86. The van der Waals surface area contributed by atoms with Gasteiger partial charge in [-0.05, 0) is 0 Å². The van der Waals surface area contributed by atoms with E-state index in [0.717, 1.165) is 16.5 Å². The van der Waals surface area contributed by atoms with E-state index >= 15 is 0 Å². The number of hydrogen-bond donors (Lipinski definition) is 0. The van der Waals surface area contributed by atoms with Crippen LogP contribution in [0.25, 0.3) is 0 Å². The van der Waals surface area contributed by atoms with Gasteiger partial charge in [-0.15, -0.1) is 0 Å². The van der Waals surface area contributed by atoms with Crippen molar-refractivity contribution in [3.05, 3.63) is 10.2 Å². The van der Waals surface area contributed by atoms with Gasteiger partial charge in [0.05, 0.1) is 0 Å². The van der Waals surface area contributed by atoms with Gasteiger partial charge in [0.1, 0.15) is 0 Å². The molecule has 16 heavy (non-hydrogen) atoms. The summed E-state index contributed by atoms with van der Waals surface area (Å²) in [4.78, 5) is 2.36. The van der Waals surface area contributed by atoms with Crippen molar-refractivity contribution in [2.75, 3.05) is 6.54 Å². The molecule has 0 unspecified atom stereocenters. The van der Waals surface area contributed by atoms with Crippen LogP contribution in [-0.2, 0) is 0 Å². The van der Waals surface area contributed by atoms with E-state index in [9.17, 15) is 0 Å². The second-order valence-corrected chi connectivity index (χ2v) is 6.51. The van der Waals surface area contributed by atoms with Crippen LogP contribution in [0.2, 0.25) is 5.32 Å². The molecule has 0 spiro atoms. The molecule has 0 aromatic carbocycles. The summed E-state index contributed by atoms with van der Waals surface area (Å²) in [7, 11) is 0. The van der Waals surface area contributed by atoms with Gasteiger partial charge in [-0.2, -0.15) is 0 Å². The number of allylic oxidation sites excluding steroid dienone is 1. The normalized spacial score (nSPS) is 21.6. The van der Waals surface area contributed by atoms with E-state index in [2.05, 4.69) is 17.0 Å². The SMILES string of the molecule is N#CC(C#N)=C1[Se]CCN1C1CCCCC1. The summed E-state index contributed by atoms with van der Waals surface area (Å²) >= 11 is 0.345. The molecule has 0 bridgehead atoms. The van der Waals surface area contributed by atoms with Crippen LogP contribution in [-0.4, -0.2) is 32.4 Å². The van der Waals surface area contributed by atoms with Crippen molar-refractivity contribution >= 4 is 15.0 Å². The molecule has 3 nitrogen and oxygen atoms in total. The van der Waals surface area contributed by atoms with Crippen LogP contribution in [0.4, 0.5) is 0 Å². The molecular weight excluding hydrogens is 265 g/mol. The third kappa shape index (κ3) is 2.24. The van der Waals surface area contributed by atoms with E-state index in [1.807, 2.05) is 0 Å². The minimum atomic E-state index is 0.345. The second-order valence-electron chi connectivity index (χ2n) is 4.24. The third-order valence-electron chi connectivity index (χ3n) is 3.28. The Hall–Kier alpha value is -0.961. The summed E-state index contributed by atoms with van der Waals surface area (Å²) in [5.74, 6) is 0. The molecule has 0 N–H and O–H groups in total. The molecule has 0 radical (unpaired) electrons. The van der Waals surface area contributed by atoms with Gasteiger partial charge in [0, 0.05) is 0 Å². The van der Waals surface area contributed by atoms with Gasteiger partial charge < -0.3 is 0 Å². The van der Waals surface area contributed by atoms with Gasteiger partial charge in [0.25, 0.3) is 0 Å². The summed E-state index contributed by atoms with van der Waals surface area (Å²) in [6, 6.07) is 4.71. The third-order valence-corrected chi connectivity index (χ3v) is 5.59. The Balaban J connectivity index is 2.18. The van der Waals surface area contributed by atoms with Crippen LogP contribution in [0, 0.1) is 22.7 Å². The zero-order chi connectivity index (χ0) is 11.4. The van der Waals surface area contributed by atoms with Crippen LogP contribution in [0.1, 0.15) is 32.1 Å². The fourth-order valence-corrected chi connectivity index (χ4v) is 4.86. The molecule has 1 aliphatic carbocycles. The molecule has 2 rings (SSSR count). The van der Waals surface area contributed by atoms with Crippen LogP contribution in [0.15, 0.2) is 10.2 Å². The van der Waals surface area contributed by atoms with Gasteiger partial charge in [-0.3, -0.25) is 0 Å². The zero-order valence-corrected chi connectivity index (χ0v) is 11.0. The van der Waals surface area contributed by atoms with Crippen molar-refractivity contribution in [3.63, 3.8) is 0 Å².